The number of esters is 5. The molecule has 0 amide bonds. The zero-order chi connectivity index (χ0) is 41.0. The molecule has 54 heavy (non-hydrogen) atoms. The molecule has 0 radical (unpaired) electrons. The molecular formula is C37H53Cl2FO14. The first-order chi connectivity index (χ1) is 25.1. The summed E-state index contributed by atoms with van der Waals surface area (Å²) in [5.74, 6) is -5.16. The highest BCUT2D eigenvalue weighted by Crippen LogP contribution is 2.33. The van der Waals surface area contributed by atoms with Gasteiger partial charge in [-0.05, 0) is 47.1 Å². The van der Waals surface area contributed by atoms with E-state index in [4.69, 9.17) is 61.1 Å². The number of hydrogen-bond acceptors (Lipinski definition) is 14. The quantitative estimate of drug-likeness (QED) is 0.175. The molecule has 1 aromatic rings. The van der Waals surface area contributed by atoms with Crippen LogP contribution in [0.2, 0.25) is 0 Å². The predicted octanol–water partition coefficient (Wildman–Crippen LogP) is 4.65. The van der Waals surface area contributed by atoms with E-state index in [2.05, 4.69) is 0 Å². The molecule has 0 aromatic heterocycles. The van der Waals surface area contributed by atoms with E-state index in [0.29, 0.717) is 0 Å². The molecule has 2 heterocycles. The summed E-state index contributed by atoms with van der Waals surface area (Å²) >= 11 is 10.9. The number of halogens is 3. The Morgan fingerprint density at radius 1 is 0.741 bits per heavy atom. The Morgan fingerprint density at radius 3 is 1.67 bits per heavy atom. The van der Waals surface area contributed by atoms with Gasteiger partial charge in [-0.25, -0.2) is 4.39 Å². The van der Waals surface area contributed by atoms with E-state index in [9.17, 15) is 33.5 Å². The highest BCUT2D eigenvalue weighted by atomic mass is 35.5. The fraction of sp³-hybridized carbons (Fsp3) is 0.703. The standard InChI is InChI=1S/C21H29ClO7.C16H24ClFO7/c1-13-17(24)15(12-27-20(25)21(2,3)4)28-19(18(13)29-16(23)10-22)26-11-14-8-6-5-7-9-14;1-8-12(18)10(7-22-15(21)16(3,4)5)24-14(23-9(2)19)13(8)25-11(20)6-17/h5-9,13,15,17-19,24H,10-12H2,1-4H3;8,10,12-14H,6-7H2,1-5H3/t13-,15?,17+,18?,19+;8-,10?,12-,13?,14+/m00/s1. The number of carbonyl (C=O) groups is 5. The third-order valence-corrected chi connectivity index (χ3v) is 8.68. The Hall–Kier alpha value is -3.08. The molecule has 2 saturated heterocycles. The van der Waals surface area contributed by atoms with Gasteiger partial charge in [0, 0.05) is 18.8 Å². The number of benzene rings is 1. The Labute approximate surface area is 325 Å². The normalized spacial score (nSPS) is 28.4. The minimum Gasteiger partial charge on any atom is -0.462 e. The van der Waals surface area contributed by atoms with Crippen molar-refractivity contribution in [2.24, 2.45) is 22.7 Å². The maximum atomic E-state index is 14.6. The Balaban J connectivity index is 0.000000378. The zero-order valence-corrected chi connectivity index (χ0v) is 33.6. The van der Waals surface area contributed by atoms with Crippen molar-refractivity contribution in [3.63, 3.8) is 0 Å². The lowest BCUT2D eigenvalue weighted by atomic mass is 9.90. The van der Waals surface area contributed by atoms with Gasteiger partial charge in [-0.15, -0.1) is 23.2 Å². The van der Waals surface area contributed by atoms with Crippen LogP contribution >= 0.6 is 23.2 Å². The van der Waals surface area contributed by atoms with Gasteiger partial charge in [0.15, 0.2) is 18.5 Å². The molecule has 2 fully saturated rings. The molecule has 2 aliphatic heterocycles. The van der Waals surface area contributed by atoms with Gasteiger partial charge in [0.05, 0.1) is 23.5 Å². The molecular weight excluding hydrogens is 758 g/mol. The van der Waals surface area contributed by atoms with Gasteiger partial charge >= 0.3 is 29.8 Å². The smallest absolute Gasteiger partial charge is 0.321 e. The van der Waals surface area contributed by atoms with Crippen LogP contribution in [0.25, 0.3) is 0 Å². The summed E-state index contributed by atoms with van der Waals surface area (Å²) in [6.07, 6.45) is -8.86. The second-order valence-electron chi connectivity index (χ2n) is 15.0. The molecule has 0 spiro atoms. The first-order valence-electron chi connectivity index (χ1n) is 17.4. The van der Waals surface area contributed by atoms with Crippen LogP contribution in [0.3, 0.4) is 0 Å². The van der Waals surface area contributed by atoms with E-state index in [-0.39, 0.29) is 25.7 Å². The fourth-order valence-electron chi connectivity index (χ4n) is 5.06. The van der Waals surface area contributed by atoms with Gasteiger partial charge < -0.3 is 43.0 Å². The van der Waals surface area contributed by atoms with Crippen molar-refractivity contribution in [1.82, 2.24) is 0 Å². The summed E-state index contributed by atoms with van der Waals surface area (Å²) in [5.41, 5.74) is -0.514. The zero-order valence-electron chi connectivity index (χ0n) is 32.1. The van der Waals surface area contributed by atoms with Crippen LogP contribution in [-0.2, 0) is 68.5 Å². The maximum absolute atomic E-state index is 14.6. The molecule has 4 unspecified atom stereocenters. The maximum Gasteiger partial charge on any atom is 0.321 e. The van der Waals surface area contributed by atoms with Gasteiger partial charge in [-0.1, -0.05) is 44.2 Å². The van der Waals surface area contributed by atoms with E-state index in [1.54, 1.807) is 48.5 Å². The van der Waals surface area contributed by atoms with Crippen LogP contribution in [0.5, 0.6) is 0 Å². The van der Waals surface area contributed by atoms with Gasteiger partial charge in [0.2, 0.25) is 6.29 Å². The molecule has 3 rings (SSSR count). The summed E-state index contributed by atoms with van der Waals surface area (Å²) in [6, 6.07) is 9.44. The van der Waals surface area contributed by atoms with Crippen molar-refractivity contribution >= 4 is 53.0 Å². The van der Waals surface area contributed by atoms with Crippen LogP contribution in [0.15, 0.2) is 30.3 Å². The van der Waals surface area contributed by atoms with Gasteiger partial charge in [-0.3, -0.25) is 24.0 Å². The predicted molar refractivity (Wildman–Crippen MR) is 192 cm³/mol. The third kappa shape index (κ3) is 14.5. The molecule has 2 aliphatic rings. The van der Waals surface area contributed by atoms with E-state index in [1.807, 2.05) is 30.3 Å². The molecule has 10 atom stereocenters. The minimum atomic E-state index is -1.60. The number of aliphatic hydroxyl groups excluding tert-OH is 1. The molecule has 306 valence electrons. The molecule has 14 nitrogen and oxygen atoms in total. The van der Waals surface area contributed by atoms with Crippen molar-refractivity contribution in [1.29, 1.82) is 0 Å². The summed E-state index contributed by atoms with van der Waals surface area (Å²) in [4.78, 5) is 58.3. The highest BCUT2D eigenvalue weighted by molar-refractivity contribution is 6.26. The average Bonchev–Trinajstić information content (AvgIpc) is 3.11. The molecule has 17 heteroatoms. The Morgan fingerprint density at radius 2 is 1.20 bits per heavy atom. The fourth-order valence-corrected chi connectivity index (χ4v) is 5.18. The number of carbonyl (C=O) groups excluding carboxylic acids is 5. The molecule has 1 aromatic carbocycles. The summed E-state index contributed by atoms with van der Waals surface area (Å²) < 4.78 is 57.5. The molecule has 0 aliphatic carbocycles. The average molecular weight is 812 g/mol. The van der Waals surface area contributed by atoms with E-state index in [1.165, 1.54) is 6.92 Å². The molecule has 0 saturated carbocycles. The van der Waals surface area contributed by atoms with Crippen molar-refractivity contribution in [2.75, 3.05) is 25.0 Å². The van der Waals surface area contributed by atoms with Crippen molar-refractivity contribution in [2.45, 2.75) is 118 Å². The molecule has 0 bridgehead atoms. The van der Waals surface area contributed by atoms with Crippen LogP contribution in [0.4, 0.5) is 4.39 Å². The number of hydrogen-bond donors (Lipinski definition) is 1. The number of alkyl halides is 3. The van der Waals surface area contributed by atoms with Crippen LogP contribution < -0.4 is 0 Å². The second kappa shape index (κ2) is 21.3. The molecule has 1 N–H and O–H groups in total. The van der Waals surface area contributed by atoms with Crippen molar-refractivity contribution in [3.05, 3.63) is 35.9 Å². The van der Waals surface area contributed by atoms with Gasteiger partial charge in [0.25, 0.3) is 0 Å². The summed E-state index contributed by atoms with van der Waals surface area (Å²) in [7, 11) is 0. The third-order valence-electron chi connectivity index (χ3n) is 8.24. The number of rotatable bonds is 12. The highest BCUT2D eigenvalue weighted by Gasteiger charge is 2.49. The van der Waals surface area contributed by atoms with Crippen molar-refractivity contribution < 1.29 is 71.4 Å². The second-order valence-corrected chi connectivity index (χ2v) is 15.6. The lowest BCUT2D eigenvalue weighted by molar-refractivity contribution is -0.295. The Kier molecular flexibility index (Phi) is 18.6. The van der Waals surface area contributed by atoms with E-state index in [0.717, 1.165) is 12.5 Å². The first-order valence-corrected chi connectivity index (χ1v) is 18.5. The SMILES string of the molecule is CC(=O)O[C@@H]1OC(COC(=O)C(C)(C)C)[C@@H](F)[C@H](C)C1OC(=O)CCl.C[C@@H]1C(OC(=O)CCl)[C@H](OCc2ccccc2)OC(COC(=O)C(C)(C)C)[C@@H]1O. The summed E-state index contributed by atoms with van der Waals surface area (Å²) in [6.45, 7) is 14.3. The lowest BCUT2D eigenvalue weighted by Gasteiger charge is -2.42. The van der Waals surface area contributed by atoms with Gasteiger partial charge in [0.1, 0.15) is 43.4 Å². The topological polar surface area (TPSA) is 179 Å². The van der Waals surface area contributed by atoms with E-state index >= 15 is 0 Å². The first kappa shape index (κ1) is 47.1. The van der Waals surface area contributed by atoms with Crippen molar-refractivity contribution in [3.8, 4) is 0 Å². The lowest BCUT2D eigenvalue weighted by Crippen LogP contribution is -2.57. The van der Waals surface area contributed by atoms with Gasteiger partial charge in [-0.2, -0.15) is 0 Å². The number of ether oxygens (including phenoxy) is 8. The number of aliphatic hydroxyl groups is 1. The largest absolute Gasteiger partial charge is 0.462 e. The Bertz CT molecular complexity index is 1380. The van der Waals surface area contributed by atoms with Crippen LogP contribution in [0.1, 0.15) is 67.9 Å². The minimum absolute atomic E-state index is 0.136. The van der Waals surface area contributed by atoms with Crippen LogP contribution in [-0.4, -0.2) is 109 Å². The monoisotopic (exact) mass is 810 g/mol. The summed E-state index contributed by atoms with van der Waals surface area (Å²) in [5, 5.41) is 10.6. The van der Waals surface area contributed by atoms with E-state index < -0.39 is 108 Å². The van der Waals surface area contributed by atoms with Crippen LogP contribution in [0, 0.1) is 22.7 Å².